The van der Waals surface area contributed by atoms with Crippen LogP contribution in [0, 0.1) is 5.92 Å². The van der Waals surface area contributed by atoms with Crippen molar-refractivity contribution in [2.45, 2.75) is 31.7 Å². The molecule has 0 aromatic rings. The Balaban J connectivity index is 1.67. The summed E-state index contributed by atoms with van der Waals surface area (Å²) in [5.41, 5.74) is 0. The van der Waals surface area contributed by atoms with Crippen LogP contribution in [0.25, 0.3) is 0 Å². The molecule has 2 N–H and O–H groups in total. The fourth-order valence-corrected chi connectivity index (χ4v) is 3.35. The highest BCUT2D eigenvalue weighted by atomic mass is 32.2. The number of amides is 2. The fraction of sp³-hybridized carbons (Fsp3) is 0.750. The number of carbonyl (C=O) groups is 3. The molecule has 0 unspecified atom stereocenters. The van der Waals surface area contributed by atoms with Gasteiger partial charge in [-0.2, -0.15) is 0 Å². The summed E-state index contributed by atoms with van der Waals surface area (Å²) in [6.07, 6.45) is 2.16. The molecule has 106 valence electrons. The highest BCUT2D eigenvalue weighted by Gasteiger charge is 2.30. The molecule has 0 aromatic heterocycles. The summed E-state index contributed by atoms with van der Waals surface area (Å²) in [5.74, 6) is -0.414. The molecule has 1 saturated heterocycles. The van der Waals surface area contributed by atoms with Crippen LogP contribution in [-0.4, -0.2) is 52.0 Å². The highest BCUT2D eigenvalue weighted by molar-refractivity contribution is 8.13. The molecule has 7 heteroatoms. The molecule has 0 bridgehead atoms. The standard InChI is InChI=1S/C12H18N2O4S/c15-10(3-4-14-5-6-19-12(14)18)13-9-2-1-8(7-9)11(16)17/h8-9H,1-7H2,(H,13,15)(H,16,17)/t8-,9+/m1/s1. The first-order valence-corrected chi connectivity index (χ1v) is 7.48. The number of hydrogen-bond donors (Lipinski definition) is 2. The van der Waals surface area contributed by atoms with E-state index in [2.05, 4.69) is 5.32 Å². The van der Waals surface area contributed by atoms with Gasteiger partial charge in [0.05, 0.1) is 5.92 Å². The number of rotatable bonds is 5. The second kappa shape index (κ2) is 6.27. The van der Waals surface area contributed by atoms with E-state index in [-0.39, 0.29) is 23.1 Å². The van der Waals surface area contributed by atoms with Crippen molar-refractivity contribution in [3.05, 3.63) is 0 Å². The van der Waals surface area contributed by atoms with Crippen molar-refractivity contribution in [1.82, 2.24) is 10.2 Å². The van der Waals surface area contributed by atoms with E-state index in [1.807, 2.05) is 0 Å². The van der Waals surface area contributed by atoms with Crippen molar-refractivity contribution in [2.75, 3.05) is 18.8 Å². The van der Waals surface area contributed by atoms with Crippen molar-refractivity contribution >= 4 is 28.9 Å². The van der Waals surface area contributed by atoms with Crippen molar-refractivity contribution < 1.29 is 19.5 Å². The normalized spacial score (nSPS) is 26.7. The molecule has 2 fully saturated rings. The van der Waals surface area contributed by atoms with Crippen molar-refractivity contribution in [1.29, 1.82) is 0 Å². The lowest BCUT2D eigenvalue weighted by atomic mass is 10.1. The third-order valence-electron chi connectivity index (χ3n) is 3.60. The lowest BCUT2D eigenvalue weighted by Crippen LogP contribution is -2.36. The highest BCUT2D eigenvalue weighted by Crippen LogP contribution is 2.25. The van der Waals surface area contributed by atoms with Crippen LogP contribution in [0.5, 0.6) is 0 Å². The Kier molecular flexibility index (Phi) is 4.68. The van der Waals surface area contributed by atoms with Crippen LogP contribution in [0.2, 0.25) is 0 Å². The van der Waals surface area contributed by atoms with Crippen LogP contribution < -0.4 is 5.32 Å². The number of hydrogen-bond acceptors (Lipinski definition) is 4. The minimum atomic E-state index is -0.781. The van der Waals surface area contributed by atoms with E-state index in [0.29, 0.717) is 32.4 Å². The van der Waals surface area contributed by atoms with E-state index in [4.69, 9.17) is 5.11 Å². The SMILES string of the molecule is O=C(CCN1CCSC1=O)N[C@H]1CC[C@@H](C(=O)O)C1. The molecule has 1 heterocycles. The van der Waals surface area contributed by atoms with E-state index in [0.717, 1.165) is 12.2 Å². The molecule has 19 heavy (non-hydrogen) atoms. The topological polar surface area (TPSA) is 86.7 Å². The lowest BCUT2D eigenvalue weighted by Gasteiger charge is -2.16. The van der Waals surface area contributed by atoms with Crippen LogP contribution in [-0.2, 0) is 9.59 Å². The maximum Gasteiger partial charge on any atom is 0.306 e. The van der Waals surface area contributed by atoms with E-state index < -0.39 is 5.97 Å². The summed E-state index contributed by atoms with van der Waals surface area (Å²) < 4.78 is 0. The van der Waals surface area contributed by atoms with Gasteiger partial charge in [0.15, 0.2) is 0 Å². The minimum Gasteiger partial charge on any atom is -0.481 e. The number of carboxylic acid groups (broad SMARTS) is 1. The third-order valence-corrected chi connectivity index (χ3v) is 4.49. The van der Waals surface area contributed by atoms with Gasteiger partial charge in [-0.3, -0.25) is 14.4 Å². The van der Waals surface area contributed by atoms with Gasteiger partial charge in [0.1, 0.15) is 0 Å². The second-order valence-corrected chi connectivity index (χ2v) is 6.01. The molecule has 2 aliphatic rings. The van der Waals surface area contributed by atoms with E-state index in [9.17, 15) is 14.4 Å². The van der Waals surface area contributed by atoms with Crippen molar-refractivity contribution in [3.63, 3.8) is 0 Å². The zero-order valence-electron chi connectivity index (χ0n) is 10.6. The van der Waals surface area contributed by atoms with Crippen molar-refractivity contribution in [2.24, 2.45) is 5.92 Å². The molecule has 1 aliphatic heterocycles. The molecule has 0 aromatic carbocycles. The Morgan fingerprint density at radius 1 is 1.42 bits per heavy atom. The average Bonchev–Trinajstić information content (AvgIpc) is 2.96. The maximum atomic E-state index is 11.7. The van der Waals surface area contributed by atoms with Gasteiger partial charge in [-0.25, -0.2) is 0 Å². The van der Waals surface area contributed by atoms with Gasteiger partial charge in [0, 0.05) is 31.3 Å². The van der Waals surface area contributed by atoms with Crippen LogP contribution in [0.1, 0.15) is 25.7 Å². The van der Waals surface area contributed by atoms with Crippen LogP contribution in [0.15, 0.2) is 0 Å². The minimum absolute atomic E-state index is 0.0303. The largest absolute Gasteiger partial charge is 0.481 e. The number of thioether (sulfide) groups is 1. The van der Waals surface area contributed by atoms with Gasteiger partial charge in [-0.05, 0) is 19.3 Å². The quantitative estimate of drug-likeness (QED) is 0.784. The van der Waals surface area contributed by atoms with E-state index >= 15 is 0 Å². The molecule has 6 nitrogen and oxygen atoms in total. The van der Waals surface area contributed by atoms with E-state index in [1.54, 1.807) is 4.90 Å². The number of carboxylic acids is 1. The molecule has 1 aliphatic carbocycles. The molecule has 0 radical (unpaired) electrons. The molecular weight excluding hydrogens is 268 g/mol. The van der Waals surface area contributed by atoms with Gasteiger partial charge >= 0.3 is 5.97 Å². The molecule has 2 amide bonds. The summed E-state index contributed by atoms with van der Waals surface area (Å²) in [5, 5.41) is 11.8. The Morgan fingerprint density at radius 2 is 2.21 bits per heavy atom. The second-order valence-electron chi connectivity index (χ2n) is 4.96. The molecule has 2 rings (SSSR count). The van der Waals surface area contributed by atoms with Gasteiger partial charge in [-0.15, -0.1) is 0 Å². The number of nitrogens with zero attached hydrogens (tertiary/aromatic N) is 1. The van der Waals surface area contributed by atoms with Gasteiger partial charge < -0.3 is 15.3 Å². The first-order valence-electron chi connectivity index (χ1n) is 6.50. The smallest absolute Gasteiger partial charge is 0.306 e. The van der Waals surface area contributed by atoms with Crippen molar-refractivity contribution in [3.8, 4) is 0 Å². The van der Waals surface area contributed by atoms with Gasteiger partial charge in [0.25, 0.3) is 5.24 Å². The average molecular weight is 286 g/mol. The third kappa shape index (κ3) is 3.86. The lowest BCUT2D eigenvalue weighted by molar-refractivity contribution is -0.141. The number of carbonyl (C=O) groups excluding carboxylic acids is 2. The monoisotopic (exact) mass is 286 g/mol. The Bertz CT molecular complexity index is 388. The fourth-order valence-electron chi connectivity index (χ4n) is 2.50. The van der Waals surface area contributed by atoms with Gasteiger partial charge in [-0.1, -0.05) is 11.8 Å². The number of aliphatic carboxylic acids is 1. The van der Waals surface area contributed by atoms with Crippen LogP contribution in [0.3, 0.4) is 0 Å². The maximum absolute atomic E-state index is 11.7. The Labute approximate surface area is 115 Å². The predicted octanol–water partition coefficient (Wildman–Crippen LogP) is 0.915. The van der Waals surface area contributed by atoms with E-state index in [1.165, 1.54) is 11.8 Å². The van der Waals surface area contributed by atoms with Gasteiger partial charge in [0.2, 0.25) is 5.91 Å². The zero-order valence-corrected chi connectivity index (χ0v) is 11.4. The first kappa shape index (κ1) is 14.2. The van der Waals surface area contributed by atoms with Crippen LogP contribution >= 0.6 is 11.8 Å². The molecular formula is C12H18N2O4S. The summed E-state index contributed by atoms with van der Waals surface area (Å²) in [6, 6.07) is -0.0303. The summed E-state index contributed by atoms with van der Waals surface area (Å²) in [6.45, 7) is 1.16. The summed E-state index contributed by atoms with van der Waals surface area (Å²) in [4.78, 5) is 35.6. The Morgan fingerprint density at radius 3 is 2.79 bits per heavy atom. The van der Waals surface area contributed by atoms with Crippen LogP contribution in [0.4, 0.5) is 4.79 Å². The summed E-state index contributed by atoms with van der Waals surface area (Å²) >= 11 is 1.28. The first-order chi connectivity index (χ1) is 9.06. The Hall–Kier alpha value is -1.24. The number of nitrogens with one attached hydrogen (secondary N) is 1. The predicted molar refractivity (Wildman–Crippen MR) is 71.0 cm³/mol. The molecule has 2 atom stereocenters. The molecule has 1 saturated carbocycles. The summed E-state index contributed by atoms with van der Waals surface area (Å²) in [7, 11) is 0. The molecule has 0 spiro atoms. The zero-order chi connectivity index (χ0) is 13.8.